The quantitative estimate of drug-likeness (QED) is 0.0707. The molecule has 21 nitrogen and oxygen atoms in total. The van der Waals surface area contributed by atoms with Crippen LogP contribution in [0.15, 0.2) is 60.7 Å². The van der Waals surface area contributed by atoms with E-state index in [0.29, 0.717) is 0 Å². The van der Waals surface area contributed by atoms with Crippen LogP contribution in [-0.2, 0) is 28.7 Å². The number of fused-ring (bicyclic) bond motifs is 2. The Kier molecular flexibility index (Phi) is 10.9. The molecule has 2 heterocycles. The molecule has 0 aliphatic carbocycles. The van der Waals surface area contributed by atoms with Crippen molar-refractivity contribution in [3.8, 4) is 97.7 Å². The van der Waals surface area contributed by atoms with Gasteiger partial charge in [0.2, 0.25) is 0 Å². The third-order valence-electron chi connectivity index (χ3n) is 11.4. The van der Waals surface area contributed by atoms with Crippen LogP contribution in [0, 0.1) is 6.92 Å². The minimum absolute atomic E-state index is 0.0419. The third kappa shape index (κ3) is 7.93. The number of aryl methyl sites for hydroxylation is 1. The fourth-order valence-electron chi connectivity index (χ4n) is 7.97. The maximum Gasteiger partial charge on any atom is 0.338 e. The molecule has 15 N–H and O–H groups in total. The number of carbonyl (C=O) groups is 2. The number of esters is 2. The lowest BCUT2D eigenvalue weighted by molar-refractivity contribution is -0.0192. The first-order valence-electron chi connectivity index (χ1n) is 19.8. The molecular formula is C46H38O21. The average Bonchev–Trinajstić information content (AvgIpc) is 3.27. The first-order chi connectivity index (χ1) is 31.6. The predicted molar refractivity (Wildman–Crippen MR) is 224 cm³/mol. The first kappa shape index (κ1) is 44.5. The molecule has 8 rings (SSSR count). The number of ether oxygens (including phenoxy) is 4. The molecule has 6 aromatic rings. The van der Waals surface area contributed by atoms with Crippen molar-refractivity contribution in [2.24, 2.45) is 0 Å². The highest BCUT2D eigenvalue weighted by molar-refractivity contribution is 5.92. The van der Waals surface area contributed by atoms with Gasteiger partial charge in [-0.2, -0.15) is 0 Å². The second-order valence-corrected chi connectivity index (χ2v) is 15.8. The van der Waals surface area contributed by atoms with Gasteiger partial charge in [0.15, 0.2) is 75.5 Å². The summed E-state index contributed by atoms with van der Waals surface area (Å²) >= 11 is 0. The van der Waals surface area contributed by atoms with Crippen molar-refractivity contribution in [3.63, 3.8) is 0 Å². The largest absolute Gasteiger partial charge is 0.507 e. The maximum absolute atomic E-state index is 13.5. The summed E-state index contributed by atoms with van der Waals surface area (Å²) in [5, 5.41) is 157. The summed E-state index contributed by atoms with van der Waals surface area (Å²) in [4.78, 5) is 26.9. The van der Waals surface area contributed by atoms with E-state index in [1.165, 1.54) is 13.0 Å². The Bertz CT molecular complexity index is 2760. The van der Waals surface area contributed by atoms with Gasteiger partial charge < -0.3 is 95.5 Å². The molecule has 21 heteroatoms. The standard InChI is InChI=1S/C46H38O21/c1-15-2-18(7-26(49)37(15)56)45(62)66-35-11-22-33(64-43(35)16-3-27(50)40(59)28(51)4-16)13-24(47)20(38(22)57)10-21-25(48)14-34-23(39(21)58)12-36(44(65-34)17-5-29(52)41(60)30(53)6-17)67-46(63)19-8-31(54)42(61)32(55)9-19/h2-9,13-14,35-36,43-44,47-61H,10-12H2,1H3/t35-,36-,43-,44-/m1/s1. The second kappa shape index (κ2) is 16.4. The fraction of sp³-hybridized carbons (Fsp3) is 0.174. The molecule has 67 heavy (non-hydrogen) atoms. The van der Waals surface area contributed by atoms with E-state index >= 15 is 0 Å². The molecule has 0 saturated carbocycles. The van der Waals surface area contributed by atoms with Crippen molar-refractivity contribution in [1.29, 1.82) is 0 Å². The topological polar surface area (TPSA) is 375 Å². The van der Waals surface area contributed by atoms with E-state index in [9.17, 15) is 86.2 Å². The number of rotatable bonds is 8. The van der Waals surface area contributed by atoms with Crippen LogP contribution < -0.4 is 9.47 Å². The Balaban J connectivity index is 1.16. The fourth-order valence-corrected chi connectivity index (χ4v) is 7.97. The molecule has 0 saturated heterocycles. The van der Waals surface area contributed by atoms with E-state index in [1.54, 1.807) is 0 Å². The van der Waals surface area contributed by atoms with Crippen LogP contribution in [0.4, 0.5) is 0 Å². The van der Waals surface area contributed by atoms with Gasteiger partial charge >= 0.3 is 11.9 Å². The number of phenols is 15. The molecule has 4 atom stereocenters. The minimum Gasteiger partial charge on any atom is -0.507 e. The lowest BCUT2D eigenvalue weighted by Crippen LogP contribution is -2.35. The number of benzene rings is 6. The van der Waals surface area contributed by atoms with E-state index in [4.69, 9.17) is 18.9 Å². The van der Waals surface area contributed by atoms with Gasteiger partial charge in [0, 0.05) is 64.8 Å². The van der Waals surface area contributed by atoms with Crippen LogP contribution in [-0.4, -0.2) is 101 Å². The normalized spacial score (nSPS) is 17.3. The van der Waals surface area contributed by atoms with Crippen molar-refractivity contribution < 1.29 is 105 Å². The Morgan fingerprint density at radius 1 is 0.448 bits per heavy atom. The van der Waals surface area contributed by atoms with Gasteiger partial charge in [-0.25, -0.2) is 9.59 Å². The number of hydrogen-bond donors (Lipinski definition) is 15. The highest BCUT2D eigenvalue weighted by Crippen LogP contribution is 2.52. The SMILES string of the molecule is Cc1cc(C(=O)O[C@@H]2Cc3c(cc(O)c(Cc4c(O)cc5c(c4O)C[C@@H](OC(=O)c4cc(O)c(O)c(O)c4)[C@@H](c4cc(O)c(O)c(O)c4)O5)c3O)O[C@@H]2c2cc(O)c(O)c(O)c2)cc(O)c1O. The summed E-state index contributed by atoms with van der Waals surface area (Å²) in [5.41, 5.74) is -1.50. The molecule has 6 aromatic carbocycles. The molecule has 0 radical (unpaired) electrons. The van der Waals surface area contributed by atoms with Crippen LogP contribution in [0.2, 0.25) is 0 Å². The summed E-state index contributed by atoms with van der Waals surface area (Å²) in [5.74, 6) is -14.0. The van der Waals surface area contributed by atoms with E-state index in [-0.39, 0.29) is 56.0 Å². The highest BCUT2D eigenvalue weighted by Gasteiger charge is 2.41. The van der Waals surface area contributed by atoms with Crippen molar-refractivity contribution in [2.45, 2.75) is 50.6 Å². The molecular weight excluding hydrogens is 888 g/mol. The summed E-state index contributed by atoms with van der Waals surface area (Å²) in [6.45, 7) is 1.41. The highest BCUT2D eigenvalue weighted by atomic mass is 16.6. The van der Waals surface area contributed by atoms with Gasteiger partial charge in [-0.1, -0.05) is 0 Å². The number of phenolic OH excluding ortho intramolecular Hbond substituents is 15. The van der Waals surface area contributed by atoms with Gasteiger partial charge in [-0.05, 0) is 61.0 Å². The number of carbonyl (C=O) groups excluding carboxylic acids is 2. The van der Waals surface area contributed by atoms with Crippen LogP contribution >= 0.6 is 0 Å². The molecule has 2 aliphatic rings. The van der Waals surface area contributed by atoms with E-state index in [1.807, 2.05) is 0 Å². The monoisotopic (exact) mass is 926 g/mol. The Morgan fingerprint density at radius 2 is 0.776 bits per heavy atom. The molecule has 0 fully saturated rings. The predicted octanol–water partition coefficient (Wildman–Crippen LogP) is 4.97. The Hall–Kier alpha value is -9.14. The second-order valence-electron chi connectivity index (χ2n) is 15.8. The van der Waals surface area contributed by atoms with Gasteiger partial charge in [0.25, 0.3) is 0 Å². The van der Waals surface area contributed by atoms with Crippen LogP contribution in [0.1, 0.15) is 71.9 Å². The van der Waals surface area contributed by atoms with E-state index in [0.717, 1.165) is 54.6 Å². The first-order valence-corrected chi connectivity index (χ1v) is 19.8. The summed E-state index contributed by atoms with van der Waals surface area (Å²) < 4.78 is 23.6. The summed E-state index contributed by atoms with van der Waals surface area (Å²) in [6, 6.07) is 9.83. The van der Waals surface area contributed by atoms with Gasteiger partial charge in [-0.3, -0.25) is 0 Å². The smallest absolute Gasteiger partial charge is 0.338 e. The van der Waals surface area contributed by atoms with Crippen molar-refractivity contribution in [2.75, 3.05) is 0 Å². The van der Waals surface area contributed by atoms with Crippen LogP contribution in [0.25, 0.3) is 0 Å². The van der Waals surface area contributed by atoms with Gasteiger partial charge in [0.05, 0.1) is 11.1 Å². The Morgan fingerprint density at radius 3 is 1.13 bits per heavy atom. The summed E-state index contributed by atoms with van der Waals surface area (Å²) in [7, 11) is 0. The molecule has 0 bridgehead atoms. The van der Waals surface area contributed by atoms with Crippen molar-refractivity contribution >= 4 is 11.9 Å². The Labute approximate surface area is 375 Å². The zero-order valence-electron chi connectivity index (χ0n) is 34.4. The minimum atomic E-state index is -1.49. The number of hydrogen-bond acceptors (Lipinski definition) is 21. The molecule has 348 valence electrons. The summed E-state index contributed by atoms with van der Waals surface area (Å²) in [6.07, 6.45) is -7.25. The molecule has 0 unspecified atom stereocenters. The molecule has 0 amide bonds. The molecule has 0 spiro atoms. The zero-order valence-corrected chi connectivity index (χ0v) is 34.4. The maximum atomic E-state index is 13.5. The van der Waals surface area contributed by atoms with E-state index in [2.05, 4.69) is 0 Å². The zero-order chi connectivity index (χ0) is 48.5. The molecule has 0 aromatic heterocycles. The van der Waals surface area contributed by atoms with Crippen LogP contribution in [0.3, 0.4) is 0 Å². The average molecular weight is 927 g/mol. The number of aromatic hydroxyl groups is 15. The van der Waals surface area contributed by atoms with E-state index < -0.39 is 147 Å². The molecule has 2 aliphatic heterocycles. The van der Waals surface area contributed by atoms with Gasteiger partial charge in [-0.15, -0.1) is 0 Å². The van der Waals surface area contributed by atoms with Crippen molar-refractivity contribution in [3.05, 3.63) is 111 Å². The van der Waals surface area contributed by atoms with Crippen LogP contribution in [0.5, 0.6) is 97.7 Å². The third-order valence-corrected chi connectivity index (χ3v) is 11.4. The van der Waals surface area contributed by atoms with Gasteiger partial charge in [0.1, 0.15) is 46.7 Å². The lowest BCUT2D eigenvalue weighted by Gasteiger charge is -2.35. The van der Waals surface area contributed by atoms with Crippen molar-refractivity contribution in [1.82, 2.24) is 0 Å². The lowest BCUT2D eigenvalue weighted by atomic mass is 9.88.